The lowest BCUT2D eigenvalue weighted by Gasteiger charge is -2.47. The minimum Gasteiger partial charge on any atom is -0.394 e. The molecule has 464 valence electrons. The van der Waals surface area contributed by atoms with E-state index in [0.717, 1.165) is 38.5 Å². The van der Waals surface area contributed by atoms with E-state index in [2.05, 4.69) is 6.92 Å². The topological polar surface area (TPSA) is 495 Å². The maximum atomic E-state index is 11.6. The second-order valence-corrected chi connectivity index (χ2v) is 20.9. The molecule has 0 unspecified atom stereocenters. The molecule has 31 heteroatoms. The zero-order valence-corrected chi connectivity index (χ0v) is 43.7. The van der Waals surface area contributed by atoms with Gasteiger partial charge < -0.3 is 154 Å². The van der Waals surface area contributed by atoms with E-state index in [0.29, 0.717) is 6.42 Å². The van der Waals surface area contributed by atoms with Crippen molar-refractivity contribution in [3.05, 3.63) is 0 Å². The second-order valence-electron chi connectivity index (χ2n) is 20.9. The molecule has 6 heterocycles. The molecule has 6 aliphatic rings. The van der Waals surface area contributed by atoms with Gasteiger partial charge in [-0.3, -0.25) is 0 Å². The fraction of sp³-hybridized carbons (Fsp3) is 1.00. The zero-order chi connectivity index (χ0) is 57.8. The van der Waals surface area contributed by atoms with Crippen molar-refractivity contribution in [3.63, 3.8) is 0 Å². The van der Waals surface area contributed by atoms with Gasteiger partial charge in [0.2, 0.25) is 0 Å². The van der Waals surface area contributed by atoms with Crippen LogP contribution in [0.2, 0.25) is 0 Å². The lowest BCUT2D eigenvalue weighted by atomic mass is 9.96. The number of rotatable bonds is 28. The minimum atomic E-state index is -2.10. The van der Waals surface area contributed by atoms with Crippen molar-refractivity contribution in [2.75, 3.05) is 46.2 Å². The number of aliphatic hydroxyl groups is 19. The number of ether oxygens (including phenoxy) is 12. The van der Waals surface area contributed by atoms with Crippen molar-refractivity contribution < 1.29 is 154 Å². The van der Waals surface area contributed by atoms with Crippen molar-refractivity contribution in [2.24, 2.45) is 0 Å². The lowest BCUT2D eigenvalue weighted by Crippen LogP contribution is -2.66. The van der Waals surface area contributed by atoms with Crippen molar-refractivity contribution >= 4 is 0 Å². The summed E-state index contributed by atoms with van der Waals surface area (Å²) in [7, 11) is 0. The molecule has 0 amide bonds. The monoisotopic (exact) mass is 1160 g/mol. The van der Waals surface area contributed by atoms with Gasteiger partial charge in [-0.15, -0.1) is 0 Å². The molecular weight excluding hydrogens is 1070 g/mol. The van der Waals surface area contributed by atoms with Gasteiger partial charge in [-0.05, 0) is 6.42 Å². The van der Waals surface area contributed by atoms with Crippen LogP contribution in [0.3, 0.4) is 0 Å². The van der Waals surface area contributed by atoms with Crippen LogP contribution in [0.15, 0.2) is 0 Å². The summed E-state index contributed by atoms with van der Waals surface area (Å²) in [6.45, 7) is -2.70. The van der Waals surface area contributed by atoms with Crippen LogP contribution in [0.25, 0.3) is 0 Å². The van der Waals surface area contributed by atoms with Crippen LogP contribution in [-0.2, 0) is 56.8 Å². The van der Waals surface area contributed by atoms with Gasteiger partial charge >= 0.3 is 0 Å². The standard InChI is InChI=1S/C48H86O31/c1-2-3-4-5-6-7-8-9-10-11-12-68-45-39(66)41(78-47-37(64)32(59)26(53)20(14-50)73-47)29(56)23(76-45)17-70-44-36(63)34(61)28(55)22(75-44)16-71-46-40(67)42(79-48-38(65)33(60)27(54)21(15-51)74-48)30(57)24(77-46)18-69-43-35(62)31(58)25(52)19(13-49)72-43/h19-67H,2-18H2,1H3/t19-,20-,21-,22-,23-,24-,25-,26-,27-,28-,29-,30-,31+,32+,33+,34+,35-,36-,37-,38-,39-,40-,41+,42-,43-,44-,45-,46-,47+,48+/m1/s1. The maximum Gasteiger partial charge on any atom is 0.187 e. The molecule has 31 nitrogen and oxygen atoms in total. The highest BCUT2D eigenvalue weighted by Crippen LogP contribution is 2.34. The van der Waals surface area contributed by atoms with Crippen LogP contribution in [0.1, 0.15) is 71.1 Å². The quantitative estimate of drug-likeness (QED) is 0.0324. The zero-order valence-electron chi connectivity index (χ0n) is 43.7. The van der Waals surface area contributed by atoms with Crippen molar-refractivity contribution in [1.29, 1.82) is 0 Å². The Morgan fingerprint density at radius 2 is 0.532 bits per heavy atom. The Labute approximate surface area is 454 Å². The number of unbranched alkanes of at least 4 members (excludes halogenated alkanes) is 9. The molecule has 6 aliphatic heterocycles. The number of aliphatic hydroxyl groups excluding tert-OH is 19. The summed E-state index contributed by atoms with van der Waals surface area (Å²) in [6.07, 6.45) is -44.5. The molecule has 0 aromatic carbocycles. The van der Waals surface area contributed by atoms with E-state index >= 15 is 0 Å². The van der Waals surface area contributed by atoms with E-state index in [4.69, 9.17) is 56.8 Å². The molecule has 79 heavy (non-hydrogen) atoms. The van der Waals surface area contributed by atoms with E-state index in [1.54, 1.807) is 0 Å². The first-order valence-corrected chi connectivity index (χ1v) is 27.1. The summed E-state index contributed by atoms with van der Waals surface area (Å²) in [5, 5.41) is 202. The second kappa shape index (κ2) is 31.8. The van der Waals surface area contributed by atoms with E-state index in [-0.39, 0.29) is 6.61 Å². The highest BCUT2D eigenvalue weighted by molar-refractivity contribution is 4.98. The Balaban J connectivity index is 1.13. The first-order valence-electron chi connectivity index (χ1n) is 27.1. The lowest BCUT2D eigenvalue weighted by molar-refractivity contribution is -0.373. The third-order valence-corrected chi connectivity index (χ3v) is 15.1. The van der Waals surface area contributed by atoms with Gasteiger partial charge in [-0.1, -0.05) is 64.7 Å². The summed E-state index contributed by atoms with van der Waals surface area (Å²) in [4.78, 5) is 0. The SMILES string of the molecule is CCCCCCCCCCCCO[C@@H]1O[C@H](CO[C@@H]2O[C@H](CO[C@@H]3O[C@H](CO[C@@H]4O[C@H](CO)[C@@H](O)[C@H](O)[C@H]4O)[C@@H](O)[C@@H](O[C@@H]4O[C@H](CO)[C@@H](O)[C@H](O)[C@H]4O)[C@H]3O)[C@@H](O)[C@H](O)[C@H]2O)[C@@H](O)[C@H](O[C@@H]2O[C@H](CO)[C@@H](O)[C@H](O)[C@H]2O)[C@H]1O. The summed E-state index contributed by atoms with van der Waals surface area (Å²) in [5.74, 6) is 0. The molecule has 0 aromatic heterocycles. The third-order valence-electron chi connectivity index (χ3n) is 15.1. The minimum absolute atomic E-state index is 0.0654. The van der Waals surface area contributed by atoms with Gasteiger partial charge in [0.25, 0.3) is 0 Å². The summed E-state index contributed by atoms with van der Waals surface area (Å²) in [5.41, 5.74) is 0. The fourth-order valence-corrected chi connectivity index (χ4v) is 10.1. The number of hydrogen-bond acceptors (Lipinski definition) is 31. The summed E-state index contributed by atoms with van der Waals surface area (Å²) >= 11 is 0. The van der Waals surface area contributed by atoms with Gasteiger partial charge in [-0.2, -0.15) is 0 Å². The van der Waals surface area contributed by atoms with Gasteiger partial charge in [0.15, 0.2) is 37.7 Å². The van der Waals surface area contributed by atoms with E-state index in [1.165, 1.54) is 19.3 Å². The van der Waals surface area contributed by atoms with E-state index in [9.17, 15) is 97.0 Å². The van der Waals surface area contributed by atoms with Crippen LogP contribution in [0.4, 0.5) is 0 Å². The Morgan fingerprint density at radius 3 is 0.886 bits per heavy atom. The summed E-state index contributed by atoms with van der Waals surface area (Å²) in [6, 6.07) is 0. The Morgan fingerprint density at radius 1 is 0.266 bits per heavy atom. The van der Waals surface area contributed by atoms with E-state index < -0.39 is 224 Å². The Hall–Kier alpha value is -1.24. The first kappa shape index (κ1) is 66.9. The molecule has 0 bridgehead atoms. The molecule has 6 fully saturated rings. The van der Waals surface area contributed by atoms with Crippen LogP contribution < -0.4 is 0 Å². The normalized spacial score (nSPS) is 47.1. The highest BCUT2D eigenvalue weighted by atomic mass is 16.8. The van der Waals surface area contributed by atoms with Gasteiger partial charge in [-0.25, -0.2) is 0 Å². The molecule has 0 radical (unpaired) electrons. The van der Waals surface area contributed by atoms with Crippen LogP contribution in [0, 0.1) is 0 Å². The molecule has 0 spiro atoms. The highest BCUT2D eigenvalue weighted by Gasteiger charge is 2.55. The molecule has 19 N–H and O–H groups in total. The average molecular weight is 1160 g/mol. The fourth-order valence-electron chi connectivity index (χ4n) is 10.1. The first-order chi connectivity index (χ1) is 37.7. The van der Waals surface area contributed by atoms with Gasteiger partial charge in [0, 0.05) is 6.61 Å². The molecule has 6 rings (SSSR count). The molecule has 0 saturated carbocycles. The van der Waals surface area contributed by atoms with Crippen LogP contribution in [0.5, 0.6) is 0 Å². The Kier molecular flexibility index (Phi) is 26.9. The van der Waals surface area contributed by atoms with Gasteiger partial charge in [0.05, 0.1) is 39.6 Å². The Bertz CT molecular complexity index is 1710. The van der Waals surface area contributed by atoms with Gasteiger partial charge in [0.1, 0.15) is 146 Å². The van der Waals surface area contributed by atoms with Crippen molar-refractivity contribution in [1.82, 2.24) is 0 Å². The smallest absolute Gasteiger partial charge is 0.187 e. The third kappa shape index (κ3) is 16.6. The predicted octanol–water partition coefficient (Wildman–Crippen LogP) is -9.16. The van der Waals surface area contributed by atoms with Crippen LogP contribution in [-0.4, -0.2) is 328 Å². The van der Waals surface area contributed by atoms with Crippen molar-refractivity contribution in [3.8, 4) is 0 Å². The molecular formula is C48H86O31. The van der Waals surface area contributed by atoms with Crippen LogP contribution >= 0.6 is 0 Å². The van der Waals surface area contributed by atoms with Crippen molar-refractivity contribution in [2.45, 2.75) is 255 Å². The average Bonchev–Trinajstić information content (AvgIpc) is 3.47. The largest absolute Gasteiger partial charge is 0.394 e. The number of hydrogen-bond donors (Lipinski definition) is 19. The van der Waals surface area contributed by atoms with E-state index in [1.807, 2.05) is 0 Å². The molecule has 0 aliphatic carbocycles. The summed E-state index contributed by atoms with van der Waals surface area (Å²) < 4.78 is 68.3. The predicted molar refractivity (Wildman–Crippen MR) is 255 cm³/mol. The maximum absolute atomic E-state index is 11.6. The molecule has 30 atom stereocenters. The molecule has 6 saturated heterocycles. The molecule has 0 aromatic rings.